The Morgan fingerprint density at radius 1 is 0.857 bits per heavy atom. The SMILES string of the molecule is CCCCCCCCOc1ccc(-c2ccc(C3CC[CH]CC3)cc2)cc1Br. The molecule has 0 spiro atoms. The summed E-state index contributed by atoms with van der Waals surface area (Å²) in [5, 5.41) is 0. The standard InChI is InChI=1S/C26H34BrO/c1-2-3-4-5-6-10-19-28-26-18-17-24(20-25(26)27)23-15-13-22(14-16-23)21-11-8-7-9-12-21/h7,13-18,20-21H,2-6,8-12,19H2,1H3. The Morgan fingerprint density at radius 3 is 2.25 bits per heavy atom. The van der Waals surface area contributed by atoms with Crippen molar-refractivity contribution in [3.8, 4) is 16.9 Å². The van der Waals surface area contributed by atoms with E-state index in [9.17, 15) is 0 Å². The first-order valence-corrected chi connectivity index (χ1v) is 11.9. The Labute approximate surface area is 180 Å². The van der Waals surface area contributed by atoms with E-state index in [4.69, 9.17) is 4.74 Å². The van der Waals surface area contributed by atoms with E-state index in [0.717, 1.165) is 29.2 Å². The van der Waals surface area contributed by atoms with Crippen LogP contribution in [0.1, 0.15) is 82.6 Å². The van der Waals surface area contributed by atoms with E-state index in [-0.39, 0.29) is 0 Å². The first-order chi connectivity index (χ1) is 13.8. The molecule has 1 radical (unpaired) electrons. The van der Waals surface area contributed by atoms with Crippen LogP contribution in [0.25, 0.3) is 11.1 Å². The van der Waals surface area contributed by atoms with Crippen LogP contribution in [0.15, 0.2) is 46.9 Å². The number of ether oxygens (including phenoxy) is 1. The van der Waals surface area contributed by atoms with Gasteiger partial charge in [-0.25, -0.2) is 0 Å². The largest absolute Gasteiger partial charge is 0.492 e. The normalized spacial score (nSPS) is 14.9. The van der Waals surface area contributed by atoms with Crippen molar-refractivity contribution in [2.45, 2.75) is 77.0 Å². The van der Waals surface area contributed by atoms with Crippen LogP contribution in [-0.4, -0.2) is 6.61 Å². The minimum Gasteiger partial charge on any atom is -0.492 e. The molecule has 0 unspecified atom stereocenters. The lowest BCUT2D eigenvalue weighted by molar-refractivity contribution is 0.302. The summed E-state index contributed by atoms with van der Waals surface area (Å²) in [6.45, 7) is 3.06. The molecule has 151 valence electrons. The number of rotatable bonds is 10. The molecular formula is C26H34BrO. The second-order valence-electron chi connectivity index (χ2n) is 8.02. The Kier molecular flexibility index (Phi) is 8.92. The lowest BCUT2D eigenvalue weighted by Crippen LogP contribution is -2.04. The molecule has 28 heavy (non-hydrogen) atoms. The van der Waals surface area contributed by atoms with Crippen LogP contribution >= 0.6 is 15.9 Å². The van der Waals surface area contributed by atoms with Crippen LogP contribution in [0.3, 0.4) is 0 Å². The minimum atomic E-state index is 0.739. The van der Waals surface area contributed by atoms with E-state index in [0.29, 0.717) is 0 Å². The third-order valence-electron chi connectivity index (χ3n) is 5.84. The van der Waals surface area contributed by atoms with Gasteiger partial charge in [0, 0.05) is 0 Å². The van der Waals surface area contributed by atoms with Gasteiger partial charge in [-0.2, -0.15) is 0 Å². The fourth-order valence-corrected chi connectivity index (χ4v) is 4.56. The van der Waals surface area contributed by atoms with Gasteiger partial charge in [-0.3, -0.25) is 0 Å². The molecule has 0 aliphatic heterocycles. The molecule has 2 aromatic carbocycles. The second kappa shape index (κ2) is 11.7. The van der Waals surface area contributed by atoms with Gasteiger partial charge in [0.05, 0.1) is 11.1 Å². The summed E-state index contributed by atoms with van der Waals surface area (Å²) in [5.74, 6) is 1.69. The van der Waals surface area contributed by atoms with E-state index in [1.54, 1.807) is 0 Å². The van der Waals surface area contributed by atoms with Crippen molar-refractivity contribution in [1.29, 1.82) is 0 Å². The lowest BCUT2D eigenvalue weighted by atomic mass is 9.84. The molecule has 0 atom stereocenters. The number of halogens is 1. The van der Waals surface area contributed by atoms with Crippen molar-refractivity contribution in [1.82, 2.24) is 0 Å². The molecule has 2 aromatic rings. The average Bonchev–Trinajstić information content (AvgIpc) is 2.75. The quantitative estimate of drug-likeness (QED) is 0.334. The topological polar surface area (TPSA) is 9.23 Å². The van der Waals surface area contributed by atoms with Crippen LogP contribution < -0.4 is 4.74 Å². The predicted molar refractivity (Wildman–Crippen MR) is 124 cm³/mol. The summed E-state index contributed by atoms with van der Waals surface area (Å²) in [6, 6.07) is 15.6. The fourth-order valence-electron chi connectivity index (χ4n) is 4.07. The number of hydrogen-bond donors (Lipinski definition) is 0. The summed E-state index contributed by atoms with van der Waals surface area (Å²) in [6.07, 6.45) is 15.3. The first kappa shape index (κ1) is 21.4. The smallest absolute Gasteiger partial charge is 0.133 e. The molecule has 2 heteroatoms. The van der Waals surface area contributed by atoms with Gasteiger partial charge < -0.3 is 4.74 Å². The van der Waals surface area contributed by atoms with Crippen molar-refractivity contribution in [2.75, 3.05) is 6.61 Å². The highest BCUT2D eigenvalue weighted by atomic mass is 79.9. The molecule has 1 aliphatic carbocycles. The van der Waals surface area contributed by atoms with Crippen LogP contribution in [0, 0.1) is 6.42 Å². The molecule has 1 nitrogen and oxygen atoms in total. The number of benzene rings is 2. The van der Waals surface area contributed by atoms with Gasteiger partial charge in [0.25, 0.3) is 0 Å². The third-order valence-corrected chi connectivity index (χ3v) is 6.46. The van der Waals surface area contributed by atoms with Crippen LogP contribution in [0.5, 0.6) is 5.75 Å². The van der Waals surface area contributed by atoms with E-state index >= 15 is 0 Å². The molecule has 0 aromatic heterocycles. The highest BCUT2D eigenvalue weighted by Gasteiger charge is 2.15. The Bertz CT molecular complexity index is 701. The highest BCUT2D eigenvalue weighted by molar-refractivity contribution is 9.10. The molecule has 3 rings (SSSR count). The van der Waals surface area contributed by atoms with Gasteiger partial charge in [-0.15, -0.1) is 0 Å². The van der Waals surface area contributed by atoms with Gasteiger partial charge in [0.2, 0.25) is 0 Å². The van der Waals surface area contributed by atoms with E-state index < -0.39 is 0 Å². The monoisotopic (exact) mass is 441 g/mol. The van der Waals surface area contributed by atoms with E-state index in [1.165, 1.54) is 74.5 Å². The maximum absolute atomic E-state index is 5.98. The van der Waals surface area contributed by atoms with Gasteiger partial charge in [0.15, 0.2) is 0 Å². The number of hydrogen-bond acceptors (Lipinski definition) is 1. The predicted octanol–water partition coefficient (Wildman–Crippen LogP) is 8.72. The van der Waals surface area contributed by atoms with Crippen molar-refractivity contribution in [2.24, 2.45) is 0 Å². The Morgan fingerprint density at radius 2 is 1.54 bits per heavy atom. The molecule has 0 saturated heterocycles. The summed E-state index contributed by atoms with van der Waals surface area (Å²) < 4.78 is 7.03. The zero-order valence-corrected chi connectivity index (χ0v) is 18.8. The zero-order valence-electron chi connectivity index (χ0n) is 17.3. The van der Waals surface area contributed by atoms with Gasteiger partial charge >= 0.3 is 0 Å². The zero-order chi connectivity index (χ0) is 19.6. The third kappa shape index (κ3) is 6.37. The van der Waals surface area contributed by atoms with Gasteiger partial charge in [-0.1, -0.05) is 69.4 Å². The van der Waals surface area contributed by atoms with Crippen LogP contribution in [0.4, 0.5) is 0 Å². The summed E-state index contributed by atoms with van der Waals surface area (Å²) in [7, 11) is 0. The van der Waals surface area contributed by atoms with Crippen LogP contribution in [-0.2, 0) is 0 Å². The maximum atomic E-state index is 5.98. The molecule has 1 fully saturated rings. The molecule has 1 saturated carbocycles. The van der Waals surface area contributed by atoms with Crippen LogP contribution in [0.2, 0.25) is 0 Å². The van der Waals surface area contributed by atoms with Crippen molar-refractivity contribution in [3.05, 3.63) is 58.9 Å². The summed E-state index contributed by atoms with van der Waals surface area (Å²) in [4.78, 5) is 0. The minimum absolute atomic E-state index is 0.739. The van der Waals surface area contributed by atoms with Gasteiger partial charge in [0.1, 0.15) is 5.75 Å². The molecule has 0 heterocycles. The average molecular weight is 442 g/mol. The van der Waals surface area contributed by atoms with Crippen molar-refractivity contribution in [3.63, 3.8) is 0 Å². The molecule has 0 bridgehead atoms. The van der Waals surface area contributed by atoms with Crippen molar-refractivity contribution >= 4 is 15.9 Å². The van der Waals surface area contributed by atoms with Crippen molar-refractivity contribution < 1.29 is 4.74 Å². The summed E-state index contributed by atoms with van der Waals surface area (Å²) >= 11 is 3.70. The highest BCUT2D eigenvalue weighted by Crippen LogP contribution is 2.35. The van der Waals surface area contributed by atoms with E-state index in [2.05, 4.69) is 71.7 Å². The van der Waals surface area contributed by atoms with E-state index in [1.807, 2.05) is 0 Å². The maximum Gasteiger partial charge on any atom is 0.133 e. The molecule has 0 amide bonds. The molecule has 0 N–H and O–H groups in total. The van der Waals surface area contributed by atoms with Gasteiger partial charge in [-0.05, 0) is 89.2 Å². The first-order valence-electron chi connectivity index (χ1n) is 11.1. The summed E-state index contributed by atoms with van der Waals surface area (Å²) in [5.41, 5.74) is 4.01. The fraction of sp³-hybridized carbons (Fsp3) is 0.500. The Balaban J connectivity index is 1.51. The molecular weight excluding hydrogens is 408 g/mol. The lowest BCUT2D eigenvalue weighted by Gasteiger charge is -2.22. The Hall–Kier alpha value is -1.28. The second-order valence-corrected chi connectivity index (χ2v) is 8.88. The number of unbranched alkanes of at least 4 members (excludes halogenated alkanes) is 5. The molecule has 1 aliphatic rings.